The zero-order chi connectivity index (χ0) is 16.1. The molecule has 0 aliphatic heterocycles. The predicted molar refractivity (Wildman–Crippen MR) is 99.0 cm³/mol. The molecular formula is C24H20. The van der Waals surface area contributed by atoms with Crippen LogP contribution in [0.4, 0.5) is 0 Å². The van der Waals surface area contributed by atoms with Gasteiger partial charge in [-0.25, -0.2) is 0 Å². The Morgan fingerprint density at radius 1 is 0.583 bits per heavy atom. The molecule has 0 saturated carbocycles. The summed E-state index contributed by atoms with van der Waals surface area (Å²) in [5.74, 6) is 0. The number of rotatable bonds is 0. The van der Waals surface area contributed by atoms with Crippen LogP contribution in [0, 0.1) is 0 Å². The Bertz CT molecular complexity index is 901. The lowest BCUT2D eigenvalue weighted by Crippen LogP contribution is -2.21. The molecule has 0 atom stereocenters. The van der Waals surface area contributed by atoms with E-state index in [0.29, 0.717) is 0 Å². The maximum Gasteiger partial charge on any atom is 0.0228 e. The Morgan fingerprint density at radius 3 is 1.42 bits per heavy atom. The third kappa shape index (κ3) is 2.00. The second kappa shape index (κ2) is 5.23. The van der Waals surface area contributed by atoms with Gasteiger partial charge in [-0.05, 0) is 65.5 Å². The quantitative estimate of drug-likeness (QED) is 0.580. The van der Waals surface area contributed by atoms with Crippen LogP contribution in [0.25, 0.3) is 0 Å². The van der Waals surface area contributed by atoms with E-state index in [0.717, 1.165) is 32.1 Å². The van der Waals surface area contributed by atoms with Crippen LogP contribution in [0.5, 0.6) is 0 Å². The maximum absolute atomic E-state index is 4.05. The van der Waals surface area contributed by atoms with E-state index in [1.54, 1.807) is 11.1 Å². The molecule has 3 aliphatic rings. The van der Waals surface area contributed by atoms with Crippen LogP contribution in [0.15, 0.2) is 88.7 Å². The molecule has 5 rings (SSSR count). The molecule has 0 fully saturated rings. The van der Waals surface area contributed by atoms with Gasteiger partial charge >= 0.3 is 0 Å². The van der Waals surface area contributed by atoms with Crippen molar-refractivity contribution in [1.29, 1.82) is 0 Å². The molecule has 116 valence electrons. The number of hydrogen-bond donors (Lipinski definition) is 0. The molecule has 2 aromatic carbocycles. The third-order valence-corrected chi connectivity index (χ3v) is 5.84. The highest BCUT2D eigenvalue weighted by Gasteiger charge is 2.30. The molecule has 0 heterocycles. The fourth-order valence-electron chi connectivity index (χ4n) is 4.63. The second-order valence-electron chi connectivity index (χ2n) is 7.14. The molecule has 2 aromatic rings. The molecule has 0 radical (unpaired) electrons. The highest BCUT2D eigenvalue weighted by molar-refractivity contribution is 5.63. The summed E-state index contributed by atoms with van der Waals surface area (Å²) < 4.78 is 0. The molecule has 0 saturated heterocycles. The molecule has 0 unspecified atom stereocenters. The molecule has 0 amide bonds. The Balaban J connectivity index is 1.59. The molecule has 0 bridgehead atoms. The van der Waals surface area contributed by atoms with Gasteiger partial charge in [0.15, 0.2) is 0 Å². The van der Waals surface area contributed by atoms with E-state index in [1.807, 2.05) is 0 Å². The van der Waals surface area contributed by atoms with E-state index >= 15 is 0 Å². The van der Waals surface area contributed by atoms with Crippen molar-refractivity contribution in [2.45, 2.75) is 32.1 Å². The summed E-state index contributed by atoms with van der Waals surface area (Å²) in [6.45, 7) is 4.05. The summed E-state index contributed by atoms with van der Waals surface area (Å²) in [5.41, 5.74) is 16.8. The molecule has 0 spiro atoms. The normalized spacial score (nSPS) is 18.4. The Kier molecular flexibility index (Phi) is 3.01. The SMILES string of the molecule is C=C=C1C2=C(CC3=C1Cc1ccccc1C3)Cc1ccccc1C2. The average molecular weight is 308 g/mol. The highest BCUT2D eigenvalue weighted by atomic mass is 14.3. The smallest absolute Gasteiger partial charge is 0.0228 e. The van der Waals surface area contributed by atoms with Crippen molar-refractivity contribution < 1.29 is 0 Å². The fourth-order valence-corrected chi connectivity index (χ4v) is 4.63. The predicted octanol–water partition coefficient (Wildman–Crippen LogP) is 5.29. The van der Waals surface area contributed by atoms with E-state index in [1.165, 1.54) is 39.0 Å². The Hall–Kier alpha value is -2.56. The summed E-state index contributed by atoms with van der Waals surface area (Å²) in [6, 6.07) is 17.8. The van der Waals surface area contributed by atoms with E-state index in [4.69, 9.17) is 0 Å². The largest absolute Gasteiger partial charge is 0.120 e. The number of fused-ring (bicyclic) bond motifs is 2. The van der Waals surface area contributed by atoms with Crippen molar-refractivity contribution in [1.82, 2.24) is 0 Å². The van der Waals surface area contributed by atoms with Crippen molar-refractivity contribution >= 4 is 0 Å². The summed E-state index contributed by atoms with van der Waals surface area (Å²) in [7, 11) is 0. The van der Waals surface area contributed by atoms with E-state index in [2.05, 4.69) is 60.8 Å². The molecule has 0 nitrogen and oxygen atoms in total. The average Bonchev–Trinajstić information content (AvgIpc) is 2.63. The first-order chi connectivity index (χ1) is 11.8. The Labute approximate surface area is 143 Å². The Morgan fingerprint density at radius 2 is 1.00 bits per heavy atom. The highest BCUT2D eigenvalue weighted by Crippen LogP contribution is 2.44. The lowest BCUT2D eigenvalue weighted by molar-refractivity contribution is 0.820. The minimum absolute atomic E-state index is 1.04. The fraction of sp³-hybridized carbons (Fsp3) is 0.208. The molecule has 0 aromatic heterocycles. The lowest BCUT2D eigenvalue weighted by atomic mass is 9.70. The number of benzene rings is 2. The summed E-state index contributed by atoms with van der Waals surface area (Å²) in [4.78, 5) is 0. The van der Waals surface area contributed by atoms with Gasteiger partial charge in [0.05, 0.1) is 0 Å². The van der Waals surface area contributed by atoms with Gasteiger partial charge in [-0.1, -0.05) is 66.3 Å². The zero-order valence-electron chi connectivity index (χ0n) is 13.9. The van der Waals surface area contributed by atoms with Gasteiger partial charge in [-0.2, -0.15) is 0 Å². The van der Waals surface area contributed by atoms with Crippen molar-refractivity contribution in [2.24, 2.45) is 0 Å². The van der Waals surface area contributed by atoms with Gasteiger partial charge < -0.3 is 0 Å². The van der Waals surface area contributed by atoms with Crippen LogP contribution in [-0.2, 0) is 25.7 Å². The van der Waals surface area contributed by atoms with Crippen molar-refractivity contribution in [3.05, 3.63) is 111 Å². The summed E-state index contributed by atoms with van der Waals surface area (Å²) in [6.07, 6.45) is 5.41. The van der Waals surface area contributed by atoms with Crippen molar-refractivity contribution in [3.8, 4) is 0 Å². The first-order valence-electron chi connectivity index (χ1n) is 8.79. The van der Waals surface area contributed by atoms with Gasteiger partial charge in [-0.3, -0.25) is 0 Å². The molecule has 0 N–H and O–H groups in total. The first-order valence-corrected chi connectivity index (χ1v) is 8.79. The minimum atomic E-state index is 1.04. The molecule has 0 heteroatoms. The van der Waals surface area contributed by atoms with Gasteiger partial charge in [0.25, 0.3) is 0 Å². The van der Waals surface area contributed by atoms with Gasteiger partial charge in [0.1, 0.15) is 0 Å². The van der Waals surface area contributed by atoms with Crippen LogP contribution >= 0.6 is 0 Å². The zero-order valence-corrected chi connectivity index (χ0v) is 13.9. The van der Waals surface area contributed by atoms with Gasteiger partial charge in [0.2, 0.25) is 0 Å². The van der Waals surface area contributed by atoms with Crippen LogP contribution in [-0.4, -0.2) is 0 Å². The third-order valence-electron chi connectivity index (χ3n) is 5.84. The molecule has 24 heavy (non-hydrogen) atoms. The van der Waals surface area contributed by atoms with Crippen molar-refractivity contribution in [2.75, 3.05) is 0 Å². The standard InChI is InChI=1S/C24H20/c1-2-22-23-14-18-9-5-3-7-16(18)11-20(23)13-21-12-17-8-4-6-10-19(17)15-24(21)22/h3-10H,1,11-15H2. The van der Waals surface area contributed by atoms with Crippen LogP contribution in [0.2, 0.25) is 0 Å². The monoisotopic (exact) mass is 308 g/mol. The first kappa shape index (κ1) is 13.8. The lowest BCUT2D eigenvalue weighted by Gasteiger charge is -2.34. The summed E-state index contributed by atoms with van der Waals surface area (Å²) in [5, 5.41) is 0. The number of allylic oxidation sites excluding steroid dienone is 5. The van der Waals surface area contributed by atoms with Gasteiger partial charge in [-0.15, -0.1) is 5.73 Å². The van der Waals surface area contributed by atoms with E-state index in [-0.39, 0.29) is 0 Å². The van der Waals surface area contributed by atoms with E-state index < -0.39 is 0 Å². The van der Waals surface area contributed by atoms with Crippen LogP contribution in [0.3, 0.4) is 0 Å². The maximum atomic E-state index is 4.05. The summed E-state index contributed by atoms with van der Waals surface area (Å²) >= 11 is 0. The number of hydrogen-bond acceptors (Lipinski definition) is 0. The molecular weight excluding hydrogens is 288 g/mol. The van der Waals surface area contributed by atoms with Crippen molar-refractivity contribution in [3.63, 3.8) is 0 Å². The van der Waals surface area contributed by atoms with E-state index in [9.17, 15) is 0 Å². The van der Waals surface area contributed by atoms with Crippen LogP contribution in [0.1, 0.15) is 28.7 Å². The molecule has 3 aliphatic carbocycles. The van der Waals surface area contributed by atoms with Crippen LogP contribution < -0.4 is 0 Å². The second-order valence-corrected chi connectivity index (χ2v) is 7.14. The van der Waals surface area contributed by atoms with Gasteiger partial charge in [0, 0.05) is 5.57 Å². The topological polar surface area (TPSA) is 0 Å². The minimum Gasteiger partial charge on any atom is -0.120 e.